The van der Waals surface area contributed by atoms with Gasteiger partial charge >= 0.3 is 5.97 Å². The van der Waals surface area contributed by atoms with E-state index in [1.807, 2.05) is 0 Å². The van der Waals surface area contributed by atoms with Crippen LogP contribution in [0.25, 0.3) is 11.1 Å². The number of benzene rings is 2. The molecule has 2 rings (SSSR count). The van der Waals surface area contributed by atoms with Gasteiger partial charge in [-0.05, 0) is 58.6 Å². The molecule has 0 bridgehead atoms. The fraction of sp³-hybridized carbons (Fsp3) is 0.278. The lowest BCUT2D eigenvalue weighted by Crippen LogP contribution is -2.29. The number of rotatable bonds is 6. The van der Waals surface area contributed by atoms with E-state index < -0.39 is 29.5 Å². The molecule has 1 unspecified atom stereocenters. The van der Waals surface area contributed by atoms with Crippen molar-refractivity contribution in [2.75, 3.05) is 6.61 Å². The predicted molar refractivity (Wildman–Crippen MR) is 92.5 cm³/mol. The minimum atomic E-state index is -1.10. The van der Waals surface area contributed by atoms with Crippen molar-refractivity contribution in [3.8, 4) is 22.6 Å². The van der Waals surface area contributed by atoms with Gasteiger partial charge in [0.15, 0.2) is 23.5 Å². The van der Waals surface area contributed by atoms with Crippen LogP contribution in [0.1, 0.15) is 20.3 Å². The van der Waals surface area contributed by atoms with E-state index in [0.717, 1.165) is 12.1 Å². The van der Waals surface area contributed by atoms with Crippen molar-refractivity contribution >= 4 is 21.9 Å². The molecule has 0 aliphatic carbocycles. The minimum Gasteiger partial charge on any atom is -0.507 e. The van der Waals surface area contributed by atoms with Gasteiger partial charge in [-0.3, -0.25) is 0 Å². The fourth-order valence-electron chi connectivity index (χ4n) is 2.25. The summed E-state index contributed by atoms with van der Waals surface area (Å²) in [5.41, 5.74) is 0.635. The average molecular weight is 415 g/mol. The first-order valence-electron chi connectivity index (χ1n) is 7.69. The number of phenols is 1. The molecule has 0 saturated carbocycles. The third-order valence-corrected chi connectivity index (χ3v) is 4.30. The average Bonchev–Trinajstić information content (AvgIpc) is 2.57. The number of ether oxygens (including phenoxy) is 2. The Morgan fingerprint density at radius 2 is 1.88 bits per heavy atom. The van der Waals surface area contributed by atoms with Gasteiger partial charge in [0, 0.05) is 0 Å². The molecular formula is C18H17BrF2O4. The first-order chi connectivity index (χ1) is 11.9. The van der Waals surface area contributed by atoms with Gasteiger partial charge in [0.05, 0.1) is 11.1 Å². The Hall–Kier alpha value is -2.15. The van der Waals surface area contributed by atoms with Crippen LogP contribution in [0.4, 0.5) is 8.78 Å². The Morgan fingerprint density at radius 1 is 1.24 bits per heavy atom. The summed E-state index contributed by atoms with van der Waals surface area (Å²) in [6.07, 6.45) is -0.889. The van der Waals surface area contributed by atoms with Crippen LogP contribution in [-0.4, -0.2) is 23.8 Å². The van der Waals surface area contributed by atoms with Gasteiger partial charge < -0.3 is 14.6 Å². The maximum atomic E-state index is 14.4. The zero-order chi connectivity index (χ0) is 18.6. The molecule has 0 aromatic heterocycles. The summed E-state index contributed by atoms with van der Waals surface area (Å²) in [6, 6.07) is 6.77. The van der Waals surface area contributed by atoms with Crippen LogP contribution in [0.5, 0.6) is 11.5 Å². The van der Waals surface area contributed by atoms with Crippen molar-refractivity contribution in [3.63, 3.8) is 0 Å². The molecule has 25 heavy (non-hydrogen) atoms. The van der Waals surface area contributed by atoms with E-state index in [9.17, 15) is 18.7 Å². The van der Waals surface area contributed by atoms with Crippen molar-refractivity contribution in [1.29, 1.82) is 0 Å². The van der Waals surface area contributed by atoms with Gasteiger partial charge in [-0.1, -0.05) is 19.1 Å². The highest BCUT2D eigenvalue weighted by atomic mass is 79.9. The molecule has 7 heteroatoms. The second-order valence-electron chi connectivity index (χ2n) is 5.17. The lowest BCUT2D eigenvalue weighted by Gasteiger charge is -2.17. The molecule has 0 saturated heterocycles. The first kappa shape index (κ1) is 19.2. The number of carbonyl (C=O) groups is 1. The first-order valence-corrected chi connectivity index (χ1v) is 8.48. The van der Waals surface area contributed by atoms with Crippen molar-refractivity contribution in [3.05, 3.63) is 46.4 Å². The molecule has 0 fully saturated rings. The van der Waals surface area contributed by atoms with Crippen molar-refractivity contribution < 1.29 is 28.2 Å². The third-order valence-electron chi connectivity index (χ3n) is 3.47. The van der Waals surface area contributed by atoms with Crippen molar-refractivity contribution in [1.82, 2.24) is 0 Å². The maximum Gasteiger partial charge on any atom is 0.347 e. The largest absolute Gasteiger partial charge is 0.507 e. The second kappa shape index (κ2) is 8.29. The lowest BCUT2D eigenvalue weighted by atomic mass is 10.0. The normalized spacial score (nSPS) is 11.9. The molecule has 1 N–H and O–H groups in total. The minimum absolute atomic E-state index is 0.0491. The molecule has 0 amide bonds. The van der Waals surface area contributed by atoms with Crippen LogP contribution in [-0.2, 0) is 9.53 Å². The van der Waals surface area contributed by atoms with E-state index in [4.69, 9.17) is 9.47 Å². The van der Waals surface area contributed by atoms with Gasteiger partial charge in [0.2, 0.25) is 0 Å². The molecule has 0 radical (unpaired) electrons. The molecule has 0 aliphatic heterocycles. The smallest absolute Gasteiger partial charge is 0.347 e. The van der Waals surface area contributed by atoms with Crippen LogP contribution < -0.4 is 4.74 Å². The number of esters is 1. The van der Waals surface area contributed by atoms with Gasteiger partial charge in [-0.2, -0.15) is 0 Å². The number of aromatic hydroxyl groups is 1. The SMILES string of the molecule is CCOC(=O)C(CC)Oc1c(F)cc(-c2cccc(O)c2Br)cc1F. The maximum absolute atomic E-state index is 14.4. The highest BCUT2D eigenvalue weighted by molar-refractivity contribution is 9.10. The summed E-state index contributed by atoms with van der Waals surface area (Å²) in [7, 11) is 0. The summed E-state index contributed by atoms with van der Waals surface area (Å²) < 4.78 is 39.1. The van der Waals surface area contributed by atoms with Crippen LogP contribution in [0, 0.1) is 11.6 Å². The molecule has 0 aliphatic rings. The highest BCUT2D eigenvalue weighted by Crippen LogP contribution is 2.37. The molecular weight excluding hydrogens is 398 g/mol. The molecule has 134 valence electrons. The Kier molecular flexibility index (Phi) is 6.36. The summed E-state index contributed by atoms with van der Waals surface area (Å²) >= 11 is 3.19. The van der Waals surface area contributed by atoms with Gasteiger partial charge in [-0.25, -0.2) is 13.6 Å². The fourth-order valence-corrected chi connectivity index (χ4v) is 2.74. The molecule has 1 atom stereocenters. The van der Waals surface area contributed by atoms with Crippen molar-refractivity contribution in [2.24, 2.45) is 0 Å². The second-order valence-corrected chi connectivity index (χ2v) is 5.97. The quantitative estimate of drug-likeness (QED) is 0.688. The summed E-state index contributed by atoms with van der Waals surface area (Å²) in [4.78, 5) is 11.7. The van der Waals surface area contributed by atoms with E-state index in [1.165, 1.54) is 6.07 Å². The zero-order valence-corrected chi connectivity index (χ0v) is 15.3. The summed E-state index contributed by atoms with van der Waals surface area (Å²) in [5.74, 6) is -3.27. The molecule has 0 spiro atoms. The van der Waals surface area contributed by atoms with Crippen LogP contribution in [0.3, 0.4) is 0 Å². The Morgan fingerprint density at radius 3 is 2.44 bits per heavy atom. The summed E-state index contributed by atoms with van der Waals surface area (Å²) in [6.45, 7) is 3.43. The highest BCUT2D eigenvalue weighted by Gasteiger charge is 2.24. The Bertz CT molecular complexity index is 757. The number of hydrogen-bond acceptors (Lipinski definition) is 4. The van der Waals surface area contributed by atoms with E-state index in [-0.39, 0.29) is 24.3 Å². The standard InChI is InChI=1S/C18H17BrF2O4/c1-3-15(18(23)24-4-2)25-17-12(20)8-10(9-13(17)21)11-6-5-7-14(22)16(11)19/h5-9,15,22H,3-4H2,1-2H3. The molecule has 2 aromatic rings. The van der Waals surface area contributed by atoms with Crippen LogP contribution in [0.15, 0.2) is 34.8 Å². The van der Waals surface area contributed by atoms with E-state index >= 15 is 0 Å². The van der Waals surface area contributed by atoms with E-state index in [0.29, 0.717) is 10.0 Å². The van der Waals surface area contributed by atoms with Crippen LogP contribution >= 0.6 is 15.9 Å². The Balaban J connectivity index is 2.37. The van der Waals surface area contributed by atoms with Crippen LogP contribution in [0.2, 0.25) is 0 Å². The van der Waals surface area contributed by atoms with Crippen molar-refractivity contribution in [2.45, 2.75) is 26.4 Å². The lowest BCUT2D eigenvalue weighted by molar-refractivity contribution is -0.151. The number of hydrogen-bond donors (Lipinski definition) is 1. The van der Waals surface area contributed by atoms with Gasteiger partial charge in [-0.15, -0.1) is 0 Å². The topological polar surface area (TPSA) is 55.8 Å². The Labute approximate surface area is 152 Å². The molecule has 2 aromatic carbocycles. The van der Waals surface area contributed by atoms with E-state index in [2.05, 4.69) is 15.9 Å². The molecule has 0 heterocycles. The predicted octanol–water partition coefficient (Wildman–Crippen LogP) is 4.82. The zero-order valence-electron chi connectivity index (χ0n) is 13.7. The van der Waals surface area contributed by atoms with Gasteiger partial charge in [0.25, 0.3) is 0 Å². The third kappa shape index (κ3) is 4.28. The molecule has 4 nitrogen and oxygen atoms in total. The van der Waals surface area contributed by atoms with E-state index in [1.54, 1.807) is 26.0 Å². The number of carbonyl (C=O) groups excluding carboxylic acids is 1. The monoisotopic (exact) mass is 414 g/mol. The van der Waals surface area contributed by atoms with Gasteiger partial charge in [0.1, 0.15) is 5.75 Å². The summed E-state index contributed by atoms with van der Waals surface area (Å²) in [5, 5.41) is 9.71. The number of halogens is 3. The number of phenolic OH excluding ortho intramolecular Hbond substituents is 1.